The summed E-state index contributed by atoms with van der Waals surface area (Å²) >= 11 is 0. The minimum Gasteiger partial charge on any atom is -0.478 e. The minimum atomic E-state index is -1.07. The van der Waals surface area contributed by atoms with Crippen molar-refractivity contribution in [3.63, 3.8) is 0 Å². The molecule has 3 nitrogen and oxygen atoms in total. The number of carboxylic acids is 1. The number of benzene rings is 3. The van der Waals surface area contributed by atoms with Crippen LogP contribution in [0.1, 0.15) is 21.5 Å². The van der Waals surface area contributed by atoms with Gasteiger partial charge in [0.05, 0.1) is 16.9 Å². The molecule has 3 rings (SSSR count). The molecular weight excluding hydrogens is 305 g/mol. The third-order valence-electron chi connectivity index (χ3n) is 3.80. The van der Waals surface area contributed by atoms with Gasteiger partial charge in [-0.15, -0.1) is 0 Å². The zero-order valence-corrected chi connectivity index (χ0v) is 12.9. The van der Waals surface area contributed by atoms with Crippen molar-refractivity contribution >= 4 is 17.3 Å². The molecule has 1 N–H and O–H groups in total. The van der Waals surface area contributed by atoms with E-state index in [1.807, 2.05) is 30.3 Å². The summed E-state index contributed by atoms with van der Waals surface area (Å²) in [6.07, 6.45) is 0.339. The van der Waals surface area contributed by atoms with Crippen LogP contribution in [0.2, 0.25) is 0 Å². The van der Waals surface area contributed by atoms with Crippen molar-refractivity contribution in [3.05, 3.63) is 95.6 Å². The SMILES string of the molecule is O=C(O)c1cccc(N(F)c2ccccc2)c1Cc1ccccc1. The number of rotatable bonds is 5. The second-order valence-corrected chi connectivity index (χ2v) is 5.39. The van der Waals surface area contributed by atoms with Gasteiger partial charge >= 0.3 is 5.97 Å². The fourth-order valence-electron chi connectivity index (χ4n) is 2.64. The molecule has 0 amide bonds. The van der Waals surface area contributed by atoms with Gasteiger partial charge in [0.1, 0.15) is 0 Å². The van der Waals surface area contributed by atoms with Crippen LogP contribution in [0.25, 0.3) is 0 Å². The first-order valence-electron chi connectivity index (χ1n) is 7.57. The summed E-state index contributed by atoms with van der Waals surface area (Å²) in [5.74, 6) is -1.07. The zero-order chi connectivity index (χ0) is 16.9. The molecule has 0 aliphatic rings. The molecule has 0 aliphatic heterocycles. The monoisotopic (exact) mass is 321 g/mol. The summed E-state index contributed by atoms with van der Waals surface area (Å²) in [4.78, 5) is 11.6. The molecule has 0 heterocycles. The number of hydrogen-bond donors (Lipinski definition) is 1. The molecule has 120 valence electrons. The third-order valence-corrected chi connectivity index (χ3v) is 3.80. The van der Waals surface area contributed by atoms with E-state index in [0.29, 0.717) is 22.8 Å². The predicted octanol–water partition coefficient (Wildman–Crippen LogP) is 5.00. The number of para-hydroxylation sites is 1. The topological polar surface area (TPSA) is 40.5 Å². The van der Waals surface area contributed by atoms with Crippen LogP contribution in [-0.2, 0) is 6.42 Å². The highest BCUT2D eigenvalue weighted by Crippen LogP contribution is 2.32. The highest BCUT2D eigenvalue weighted by molar-refractivity contribution is 5.92. The molecule has 0 spiro atoms. The Morgan fingerprint density at radius 1 is 0.875 bits per heavy atom. The van der Waals surface area contributed by atoms with Gasteiger partial charge in [0.25, 0.3) is 0 Å². The normalized spacial score (nSPS) is 10.4. The first-order valence-corrected chi connectivity index (χ1v) is 7.57. The van der Waals surface area contributed by atoms with Gasteiger partial charge in [-0.3, -0.25) is 0 Å². The summed E-state index contributed by atoms with van der Waals surface area (Å²) < 4.78 is 14.9. The molecule has 0 saturated heterocycles. The first kappa shape index (κ1) is 15.7. The van der Waals surface area contributed by atoms with Crippen molar-refractivity contribution < 1.29 is 14.4 Å². The Labute approximate surface area is 139 Å². The molecule has 0 aromatic heterocycles. The van der Waals surface area contributed by atoms with E-state index in [9.17, 15) is 14.4 Å². The van der Waals surface area contributed by atoms with E-state index in [4.69, 9.17) is 0 Å². The number of carbonyl (C=O) groups is 1. The number of hydrogen-bond acceptors (Lipinski definition) is 2. The van der Waals surface area contributed by atoms with E-state index in [2.05, 4.69) is 0 Å². The predicted molar refractivity (Wildman–Crippen MR) is 92.3 cm³/mol. The van der Waals surface area contributed by atoms with Crippen LogP contribution >= 0.6 is 0 Å². The van der Waals surface area contributed by atoms with Crippen LogP contribution in [0.3, 0.4) is 0 Å². The van der Waals surface area contributed by atoms with E-state index >= 15 is 0 Å². The van der Waals surface area contributed by atoms with E-state index in [1.165, 1.54) is 6.07 Å². The Morgan fingerprint density at radius 2 is 1.50 bits per heavy atom. The highest BCUT2D eigenvalue weighted by atomic mass is 19.2. The van der Waals surface area contributed by atoms with E-state index in [1.54, 1.807) is 42.5 Å². The zero-order valence-electron chi connectivity index (χ0n) is 12.9. The van der Waals surface area contributed by atoms with Crippen molar-refractivity contribution in [2.45, 2.75) is 6.42 Å². The molecule has 3 aromatic carbocycles. The van der Waals surface area contributed by atoms with Crippen LogP contribution < -0.4 is 5.12 Å². The lowest BCUT2D eigenvalue weighted by molar-refractivity contribution is 0.0696. The van der Waals surface area contributed by atoms with Crippen LogP contribution in [-0.4, -0.2) is 11.1 Å². The average molecular weight is 321 g/mol. The maximum Gasteiger partial charge on any atom is 0.336 e. The smallest absolute Gasteiger partial charge is 0.336 e. The molecule has 0 unspecified atom stereocenters. The molecule has 0 bridgehead atoms. The van der Waals surface area contributed by atoms with Crippen molar-refractivity contribution in [2.24, 2.45) is 0 Å². The Kier molecular flexibility index (Phi) is 4.57. The third kappa shape index (κ3) is 3.27. The van der Waals surface area contributed by atoms with Gasteiger partial charge in [0.15, 0.2) is 0 Å². The van der Waals surface area contributed by atoms with Gasteiger partial charge in [-0.2, -0.15) is 5.12 Å². The number of carboxylic acid groups (broad SMARTS) is 1. The van der Waals surface area contributed by atoms with Crippen molar-refractivity contribution in [2.75, 3.05) is 5.12 Å². The summed E-state index contributed by atoms with van der Waals surface area (Å²) in [7, 11) is 0. The molecule has 0 fully saturated rings. The van der Waals surface area contributed by atoms with Crippen LogP contribution in [0.15, 0.2) is 78.9 Å². The van der Waals surface area contributed by atoms with Gasteiger partial charge in [-0.25, -0.2) is 4.79 Å². The van der Waals surface area contributed by atoms with Gasteiger partial charge < -0.3 is 5.11 Å². The Balaban J connectivity index is 2.08. The number of nitrogens with zero attached hydrogens (tertiary/aromatic N) is 1. The number of aromatic carboxylic acids is 1. The first-order chi connectivity index (χ1) is 11.7. The van der Waals surface area contributed by atoms with Gasteiger partial charge in [0, 0.05) is 6.42 Å². The Bertz CT molecular complexity index is 835. The highest BCUT2D eigenvalue weighted by Gasteiger charge is 2.19. The lowest BCUT2D eigenvalue weighted by Crippen LogP contribution is -2.11. The van der Waals surface area contributed by atoms with E-state index in [0.717, 1.165) is 5.56 Å². The standard InChI is InChI=1S/C20H16FNO2/c21-22(16-10-5-2-6-11-16)19-13-7-12-17(20(23)24)18(19)14-15-8-3-1-4-9-15/h1-13H,14H2,(H,23,24). The van der Waals surface area contributed by atoms with Gasteiger partial charge in [-0.05, 0) is 35.4 Å². The second kappa shape index (κ2) is 6.96. The van der Waals surface area contributed by atoms with Crippen molar-refractivity contribution in [1.82, 2.24) is 0 Å². The lowest BCUT2D eigenvalue weighted by atomic mass is 9.97. The van der Waals surface area contributed by atoms with Crippen LogP contribution in [0.5, 0.6) is 0 Å². The molecule has 0 aliphatic carbocycles. The summed E-state index contributed by atoms with van der Waals surface area (Å²) in [6.45, 7) is 0. The fraction of sp³-hybridized carbons (Fsp3) is 0.0500. The fourth-order valence-corrected chi connectivity index (χ4v) is 2.64. The van der Waals surface area contributed by atoms with Crippen molar-refractivity contribution in [1.29, 1.82) is 0 Å². The maximum absolute atomic E-state index is 14.9. The summed E-state index contributed by atoms with van der Waals surface area (Å²) in [5.41, 5.74) is 2.07. The molecule has 24 heavy (non-hydrogen) atoms. The molecule has 0 saturated carbocycles. The van der Waals surface area contributed by atoms with Gasteiger partial charge in [0.2, 0.25) is 0 Å². The van der Waals surface area contributed by atoms with E-state index < -0.39 is 5.97 Å². The average Bonchev–Trinajstić information content (AvgIpc) is 2.63. The van der Waals surface area contributed by atoms with Gasteiger partial charge in [-0.1, -0.05) is 59.1 Å². The molecule has 4 heteroatoms. The van der Waals surface area contributed by atoms with Crippen molar-refractivity contribution in [3.8, 4) is 0 Å². The van der Waals surface area contributed by atoms with Crippen LogP contribution in [0, 0.1) is 0 Å². The Hall–Kier alpha value is -3.14. The minimum absolute atomic E-state index is 0.106. The maximum atomic E-state index is 14.9. The largest absolute Gasteiger partial charge is 0.478 e. The molecule has 0 atom stereocenters. The summed E-state index contributed by atoms with van der Waals surface area (Å²) in [5, 5.41) is 10.0. The lowest BCUT2D eigenvalue weighted by Gasteiger charge is -2.19. The second-order valence-electron chi connectivity index (χ2n) is 5.39. The summed E-state index contributed by atoms with van der Waals surface area (Å²) in [6, 6.07) is 22.6. The van der Waals surface area contributed by atoms with E-state index in [-0.39, 0.29) is 11.3 Å². The van der Waals surface area contributed by atoms with Crippen LogP contribution in [0.4, 0.5) is 15.9 Å². The quantitative estimate of drug-likeness (QED) is 0.672. The number of halogens is 1. The Morgan fingerprint density at radius 3 is 2.12 bits per heavy atom. The molecular formula is C20H16FNO2. The number of anilines is 2. The molecule has 0 radical (unpaired) electrons. The molecule has 3 aromatic rings.